The first-order chi connectivity index (χ1) is 8.76. The third kappa shape index (κ3) is 2.47. The molecule has 4 nitrogen and oxygen atoms in total. The molecule has 1 saturated carbocycles. The van der Waals surface area contributed by atoms with Crippen molar-refractivity contribution < 1.29 is 0 Å². The molecule has 94 valence electrons. The Bertz CT molecular complexity index is 565. The van der Waals surface area contributed by atoms with Gasteiger partial charge in [0.05, 0.1) is 6.20 Å². The van der Waals surface area contributed by atoms with E-state index in [1.807, 2.05) is 6.07 Å². The van der Waals surface area contributed by atoms with Gasteiger partial charge in [0.2, 0.25) is 0 Å². The van der Waals surface area contributed by atoms with Crippen molar-refractivity contribution in [3.05, 3.63) is 22.3 Å². The number of nitrogens with zero attached hydrogens (tertiary/aromatic N) is 3. The zero-order valence-corrected chi connectivity index (χ0v) is 11.6. The molecular weight excluding hydrogens is 268 g/mol. The molecule has 6 heteroatoms. The van der Waals surface area contributed by atoms with Crippen LogP contribution in [0, 0.1) is 0 Å². The molecule has 0 atom stereocenters. The van der Waals surface area contributed by atoms with Crippen molar-refractivity contribution in [1.29, 1.82) is 0 Å². The van der Waals surface area contributed by atoms with Crippen LogP contribution >= 0.6 is 22.9 Å². The molecule has 0 unspecified atom stereocenters. The highest BCUT2D eigenvalue weighted by Gasteiger charge is 2.26. The smallest absolute Gasteiger partial charge is 0.190 e. The van der Waals surface area contributed by atoms with Crippen LogP contribution < -0.4 is 5.32 Å². The molecule has 0 aromatic carbocycles. The van der Waals surface area contributed by atoms with Crippen molar-refractivity contribution in [2.45, 2.75) is 25.7 Å². The van der Waals surface area contributed by atoms with Gasteiger partial charge in [-0.05, 0) is 19.8 Å². The molecule has 0 radical (unpaired) electrons. The number of rotatable bonds is 4. The maximum atomic E-state index is 5.91. The summed E-state index contributed by atoms with van der Waals surface area (Å²) in [6.07, 6.45) is 4.09. The van der Waals surface area contributed by atoms with Crippen LogP contribution in [0.3, 0.4) is 0 Å². The van der Waals surface area contributed by atoms with Crippen LogP contribution in [0.5, 0.6) is 0 Å². The summed E-state index contributed by atoms with van der Waals surface area (Å²) >= 11 is 7.32. The molecule has 3 rings (SSSR count). The lowest BCUT2D eigenvalue weighted by Gasteiger charge is -2.06. The Labute approximate surface area is 114 Å². The number of thiazole rings is 1. The number of nitrogens with one attached hydrogen (secondary N) is 1. The van der Waals surface area contributed by atoms with Crippen molar-refractivity contribution in [2.75, 3.05) is 11.9 Å². The Morgan fingerprint density at radius 3 is 2.89 bits per heavy atom. The van der Waals surface area contributed by atoms with Crippen molar-refractivity contribution in [3.8, 4) is 10.8 Å². The highest BCUT2D eigenvalue weighted by Crippen LogP contribution is 2.40. The van der Waals surface area contributed by atoms with Crippen LogP contribution in [0.2, 0.25) is 4.34 Å². The third-order valence-corrected chi connectivity index (χ3v) is 3.88. The second kappa shape index (κ2) is 4.82. The van der Waals surface area contributed by atoms with E-state index in [1.54, 1.807) is 6.20 Å². The van der Waals surface area contributed by atoms with E-state index >= 15 is 0 Å². The molecule has 2 aromatic rings. The van der Waals surface area contributed by atoms with Crippen LogP contribution in [-0.4, -0.2) is 21.5 Å². The van der Waals surface area contributed by atoms with E-state index in [9.17, 15) is 0 Å². The quantitative estimate of drug-likeness (QED) is 0.930. The highest BCUT2D eigenvalue weighted by atomic mass is 35.5. The number of halogens is 1. The molecule has 0 bridgehead atoms. The van der Waals surface area contributed by atoms with Gasteiger partial charge in [-0.2, -0.15) is 0 Å². The van der Waals surface area contributed by atoms with Gasteiger partial charge in [0.15, 0.2) is 10.8 Å². The summed E-state index contributed by atoms with van der Waals surface area (Å²) in [7, 11) is 0. The second-order valence-corrected chi connectivity index (χ2v) is 5.94. The summed E-state index contributed by atoms with van der Waals surface area (Å²) in [6, 6.07) is 2.04. The Hall–Kier alpha value is -1.20. The first-order valence-electron chi connectivity index (χ1n) is 6.01. The lowest BCUT2D eigenvalue weighted by Crippen LogP contribution is -2.03. The summed E-state index contributed by atoms with van der Waals surface area (Å²) in [5, 5.41) is 4.02. The summed E-state index contributed by atoms with van der Waals surface area (Å²) in [5.41, 5.74) is 1.11. The Morgan fingerprint density at radius 1 is 1.44 bits per heavy atom. The van der Waals surface area contributed by atoms with Crippen LogP contribution in [0.1, 0.15) is 31.4 Å². The van der Waals surface area contributed by atoms with Gasteiger partial charge in [0.1, 0.15) is 10.2 Å². The van der Waals surface area contributed by atoms with Gasteiger partial charge in [-0.3, -0.25) is 0 Å². The molecule has 0 aliphatic heterocycles. The standard InChI is InChI=1S/C12H13ClN4S/c1-2-14-10-5-8(7-3-4-7)16-11(17-10)12-15-6-9(13)18-12/h5-7H,2-4H2,1H3,(H,14,16,17). The Kier molecular flexibility index (Phi) is 3.18. The monoisotopic (exact) mass is 280 g/mol. The normalized spacial score (nSPS) is 14.8. The number of anilines is 1. The zero-order chi connectivity index (χ0) is 12.5. The van der Waals surface area contributed by atoms with E-state index in [0.29, 0.717) is 16.1 Å². The maximum Gasteiger partial charge on any atom is 0.190 e. The summed E-state index contributed by atoms with van der Waals surface area (Å²) in [5.74, 6) is 2.14. The summed E-state index contributed by atoms with van der Waals surface area (Å²) in [4.78, 5) is 13.3. The summed E-state index contributed by atoms with van der Waals surface area (Å²) in [6.45, 7) is 2.90. The van der Waals surface area contributed by atoms with Crippen LogP contribution in [0.15, 0.2) is 12.3 Å². The van der Waals surface area contributed by atoms with E-state index in [4.69, 9.17) is 11.6 Å². The minimum atomic E-state index is 0.597. The second-order valence-electron chi connectivity index (χ2n) is 4.28. The van der Waals surface area contributed by atoms with Gasteiger partial charge >= 0.3 is 0 Å². The Morgan fingerprint density at radius 2 is 2.28 bits per heavy atom. The molecule has 2 heterocycles. The topological polar surface area (TPSA) is 50.7 Å². The molecule has 18 heavy (non-hydrogen) atoms. The lowest BCUT2D eigenvalue weighted by molar-refractivity contribution is 0.986. The average Bonchev–Trinajstić information content (AvgIpc) is 3.12. The Balaban J connectivity index is 2.01. The van der Waals surface area contributed by atoms with Crippen LogP contribution in [0.4, 0.5) is 5.82 Å². The van der Waals surface area contributed by atoms with Crippen molar-refractivity contribution in [3.63, 3.8) is 0 Å². The van der Waals surface area contributed by atoms with E-state index in [2.05, 4.69) is 27.2 Å². The number of hydrogen-bond donors (Lipinski definition) is 1. The van der Waals surface area contributed by atoms with Crippen molar-refractivity contribution in [1.82, 2.24) is 15.0 Å². The van der Waals surface area contributed by atoms with E-state index in [0.717, 1.165) is 23.1 Å². The average molecular weight is 281 g/mol. The maximum absolute atomic E-state index is 5.91. The fourth-order valence-corrected chi connectivity index (χ4v) is 2.63. The molecule has 0 saturated heterocycles. The van der Waals surface area contributed by atoms with E-state index in [1.165, 1.54) is 24.2 Å². The molecule has 1 aliphatic carbocycles. The van der Waals surface area contributed by atoms with E-state index in [-0.39, 0.29) is 0 Å². The zero-order valence-electron chi connectivity index (χ0n) is 9.98. The van der Waals surface area contributed by atoms with Gasteiger partial charge in [-0.15, -0.1) is 0 Å². The predicted octanol–water partition coefficient (Wildman–Crippen LogP) is 3.56. The lowest BCUT2D eigenvalue weighted by atomic mass is 10.2. The minimum Gasteiger partial charge on any atom is -0.370 e. The number of aromatic nitrogens is 3. The minimum absolute atomic E-state index is 0.597. The van der Waals surface area contributed by atoms with Crippen LogP contribution in [0.25, 0.3) is 10.8 Å². The van der Waals surface area contributed by atoms with Gasteiger partial charge < -0.3 is 5.32 Å². The van der Waals surface area contributed by atoms with Gasteiger partial charge in [-0.1, -0.05) is 22.9 Å². The fraction of sp³-hybridized carbons (Fsp3) is 0.417. The van der Waals surface area contributed by atoms with Gasteiger partial charge in [0, 0.05) is 24.2 Å². The first kappa shape index (κ1) is 11.9. The summed E-state index contributed by atoms with van der Waals surface area (Å²) < 4.78 is 0.662. The molecule has 0 amide bonds. The van der Waals surface area contributed by atoms with Gasteiger partial charge in [0.25, 0.3) is 0 Å². The third-order valence-electron chi connectivity index (χ3n) is 2.77. The molecular formula is C12H13ClN4S. The highest BCUT2D eigenvalue weighted by molar-refractivity contribution is 7.18. The molecule has 1 N–H and O–H groups in total. The molecule has 0 spiro atoms. The van der Waals surface area contributed by atoms with Gasteiger partial charge in [-0.25, -0.2) is 15.0 Å². The van der Waals surface area contributed by atoms with Crippen molar-refractivity contribution >= 4 is 28.8 Å². The SMILES string of the molecule is CCNc1cc(C2CC2)nc(-c2ncc(Cl)s2)n1. The molecule has 2 aromatic heterocycles. The molecule has 1 aliphatic rings. The number of hydrogen-bond acceptors (Lipinski definition) is 5. The fourth-order valence-electron chi connectivity index (χ4n) is 1.78. The first-order valence-corrected chi connectivity index (χ1v) is 7.20. The van der Waals surface area contributed by atoms with E-state index < -0.39 is 0 Å². The van der Waals surface area contributed by atoms with Crippen LogP contribution in [-0.2, 0) is 0 Å². The predicted molar refractivity (Wildman–Crippen MR) is 74.3 cm³/mol. The largest absolute Gasteiger partial charge is 0.370 e. The van der Waals surface area contributed by atoms with Crippen molar-refractivity contribution in [2.24, 2.45) is 0 Å². The molecule has 1 fully saturated rings.